The molecule has 150 valence electrons. The third-order valence-electron chi connectivity index (χ3n) is 4.14. The van der Waals surface area contributed by atoms with Crippen LogP contribution in [-0.2, 0) is 0 Å². The fraction of sp³-hybridized carbons (Fsp3) is 0.350. The Hall–Kier alpha value is -3.13. The van der Waals surface area contributed by atoms with Crippen molar-refractivity contribution >= 4 is 11.8 Å². The fourth-order valence-corrected chi connectivity index (χ4v) is 2.65. The summed E-state index contributed by atoms with van der Waals surface area (Å²) in [4.78, 5) is 25.4. The molecule has 0 saturated heterocycles. The van der Waals surface area contributed by atoms with Crippen LogP contribution in [0.15, 0.2) is 48.5 Å². The molecule has 0 unspecified atom stereocenters. The van der Waals surface area contributed by atoms with E-state index in [0.717, 1.165) is 5.56 Å². The number of carbonyl (C=O) groups excluding carboxylic acids is 1. The highest BCUT2D eigenvalue weighted by molar-refractivity contribution is 5.70. The lowest BCUT2D eigenvalue weighted by molar-refractivity contribution is -0.384. The number of nitrogens with zero attached hydrogens (tertiary/aromatic N) is 3. The summed E-state index contributed by atoms with van der Waals surface area (Å²) in [5.74, 6) is 1.07. The SMILES string of the molecule is CN(C)C(=O)Oc1cccc([C@@H](CCOc2ccc([N+](=O)[O-])cc2)N(C)C)c1. The fourth-order valence-electron chi connectivity index (χ4n) is 2.65. The van der Waals surface area contributed by atoms with Crippen LogP contribution in [0.3, 0.4) is 0 Å². The maximum Gasteiger partial charge on any atom is 0.414 e. The number of carbonyl (C=O) groups is 1. The summed E-state index contributed by atoms with van der Waals surface area (Å²) in [7, 11) is 7.19. The summed E-state index contributed by atoms with van der Waals surface area (Å²) in [6.45, 7) is 0.433. The molecule has 0 heterocycles. The van der Waals surface area contributed by atoms with Crippen LogP contribution >= 0.6 is 0 Å². The quantitative estimate of drug-likeness (QED) is 0.507. The van der Waals surface area contributed by atoms with Gasteiger partial charge < -0.3 is 19.3 Å². The monoisotopic (exact) mass is 387 g/mol. The molecular weight excluding hydrogens is 362 g/mol. The van der Waals surface area contributed by atoms with Gasteiger partial charge >= 0.3 is 6.09 Å². The standard InChI is InChI=1S/C20H25N3O5/c1-21(2)19(12-13-27-17-10-8-16(9-11-17)23(25)26)15-6-5-7-18(14-15)28-20(24)22(3)4/h5-11,14,19H,12-13H2,1-4H3/t19-/m1/s1. The van der Waals surface area contributed by atoms with Crippen molar-refractivity contribution in [1.29, 1.82) is 0 Å². The van der Waals surface area contributed by atoms with Gasteiger partial charge in [0.05, 0.1) is 11.5 Å². The first-order chi connectivity index (χ1) is 13.3. The lowest BCUT2D eigenvalue weighted by Crippen LogP contribution is -2.25. The van der Waals surface area contributed by atoms with Crippen molar-refractivity contribution in [2.75, 3.05) is 34.8 Å². The Labute approximate surface area is 164 Å². The third-order valence-corrected chi connectivity index (χ3v) is 4.14. The van der Waals surface area contributed by atoms with Gasteiger partial charge in [0.1, 0.15) is 11.5 Å². The maximum absolute atomic E-state index is 11.8. The number of amides is 1. The van der Waals surface area contributed by atoms with Gasteiger partial charge in [0.2, 0.25) is 0 Å². The van der Waals surface area contributed by atoms with Gasteiger partial charge in [-0.1, -0.05) is 12.1 Å². The number of nitro benzene ring substituents is 1. The van der Waals surface area contributed by atoms with Gasteiger partial charge in [0.15, 0.2) is 0 Å². The Bertz CT molecular complexity index is 806. The minimum atomic E-state index is -0.443. The van der Waals surface area contributed by atoms with Crippen molar-refractivity contribution in [3.63, 3.8) is 0 Å². The van der Waals surface area contributed by atoms with Crippen LogP contribution < -0.4 is 9.47 Å². The van der Waals surface area contributed by atoms with Crippen LogP contribution in [0.2, 0.25) is 0 Å². The Morgan fingerprint density at radius 1 is 1.07 bits per heavy atom. The number of benzene rings is 2. The van der Waals surface area contributed by atoms with Gasteiger partial charge in [-0.25, -0.2) is 4.79 Å². The van der Waals surface area contributed by atoms with Crippen LogP contribution in [0.1, 0.15) is 18.0 Å². The lowest BCUT2D eigenvalue weighted by atomic mass is 10.0. The predicted molar refractivity (Wildman–Crippen MR) is 106 cm³/mol. The maximum atomic E-state index is 11.8. The summed E-state index contributed by atoms with van der Waals surface area (Å²) >= 11 is 0. The Balaban J connectivity index is 2.01. The van der Waals surface area contributed by atoms with Crippen LogP contribution in [0.4, 0.5) is 10.5 Å². The van der Waals surface area contributed by atoms with Gasteiger partial charge in [0, 0.05) is 38.7 Å². The second kappa shape index (κ2) is 9.70. The smallest absolute Gasteiger partial charge is 0.414 e. The van der Waals surface area contributed by atoms with Gasteiger partial charge in [0.25, 0.3) is 5.69 Å². The van der Waals surface area contributed by atoms with E-state index in [2.05, 4.69) is 4.90 Å². The largest absolute Gasteiger partial charge is 0.494 e. The molecule has 0 spiro atoms. The number of hydrogen-bond acceptors (Lipinski definition) is 6. The van der Waals surface area contributed by atoms with Crippen molar-refractivity contribution in [3.8, 4) is 11.5 Å². The molecule has 0 radical (unpaired) electrons. The van der Waals surface area contributed by atoms with Crippen LogP contribution in [-0.4, -0.2) is 55.6 Å². The van der Waals surface area contributed by atoms with Crippen molar-refractivity contribution < 1.29 is 19.2 Å². The molecule has 0 aliphatic heterocycles. The molecule has 2 aromatic carbocycles. The highest BCUT2D eigenvalue weighted by atomic mass is 16.6. The molecule has 0 aliphatic carbocycles. The highest BCUT2D eigenvalue weighted by Crippen LogP contribution is 2.26. The van der Waals surface area contributed by atoms with E-state index < -0.39 is 11.0 Å². The van der Waals surface area contributed by atoms with Crippen molar-refractivity contribution in [2.45, 2.75) is 12.5 Å². The molecule has 0 saturated carbocycles. The first-order valence-electron chi connectivity index (χ1n) is 8.80. The Morgan fingerprint density at radius 2 is 1.75 bits per heavy atom. The summed E-state index contributed by atoms with van der Waals surface area (Å²) < 4.78 is 11.1. The molecular formula is C20H25N3O5. The van der Waals surface area contributed by atoms with Crippen molar-refractivity contribution in [1.82, 2.24) is 9.80 Å². The second-order valence-corrected chi connectivity index (χ2v) is 6.70. The molecule has 0 aromatic heterocycles. The third kappa shape index (κ3) is 5.95. The molecule has 0 N–H and O–H groups in total. The van der Waals surface area contributed by atoms with Gasteiger partial charge in [-0.05, 0) is 43.9 Å². The van der Waals surface area contributed by atoms with Crippen molar-refractivity contribution in [2.24, 2.45) is 0 Å². The Morgan fingerprint density at radius 3 is 2.32 bits per heavy atom. The van der Waals surface area contributed by atoms with Gasteiger partial charge in [-0.2, -0.15) is 0 Å². The Kier molecular flexibility index (Phi) is 7.34. The summed E-state index contributed by atoms with van der Waals surface area (Å²) in [5, 5.41) is 10.7. The van der Waals surface area contributed by atoms with Gasteiger partial charge in [-0.3, -0.25) is 10.1 Å². The summed E-state index contributed by atoms with van der Waals surface area (Å²) in [6.07, 6.45) is 0.259. The van der Waals surface area contributed by atoms with E-state index in [4.69, 9.17) is 9.47 Å². The topological polar surface area (TPSA) is 85.1 Å². The molecule has 28 heavy (non-hydrogen) atoms. The number of ether oxygens (including phenoxy) is 2. The van der Waals surface area contributed by atoms with Gasteiger partial charge in [-0.15, -0.1) is 0 Å². The van der Waals surface area contributed by atoms with Crippen LogP contribution in [0.25, 0.3) is 0 Å². The molecule has 0 fully saturated rings. The molecule has 8 nitrogen and oxygen atoms in total. The average molecular weight is 387 g/mol. The first kappa shape index (κ1) is 21.2. The summed E-state index contributed by atoms with van der Waals surface area (Å²) in [5.41, 5.74) is 1.03. The molecule has 1 atom stereocenters. The van der Waals surface area contributed by atoms with E-state index in [1.165, 1.54) is 17.0 Å². The zero-order valence-corrected chi connectivity index (χ0v) is 16.5. The summed E-state index contributed by atoms with van der Waals surface area (Å²) in [6, 6.07) is 13.5. The minimum Gasteiger partial charge on any atom is -0.494 e. The van der Waals surface area contributed by atoms with Crippen molar-refractivity contribution in [3.05, 3.63) is 64.2 Å². The zero-order chi connectivity index (χ0) is 20.7. The minimum absolute atomic E-state index is 0.0302. The molecule has 0 bridgehead atoms. The van der Waals surface area contributed by atoms with Crippen LogP contribution in [0.5, 0.6) is 11.5 Å². The highest BCUT2D eigenvalue weighted by Gasteiger charge is 2.16. The van der Waals surface area contributed by atoms with E-state index >= 15 is 0 Å². The normalized spacial score (nSPS) is 11.8. The molecule has 1 amide bonds. The predicted octanol–water partition coefficient (Wildman–Crippen LogP) is 3.73. The number of non-ortho nitro benzene ring substituents is 1. The van der Waals surface area contributed by atoms with E-state index in [-0.39, 0.29) is 11.7 Å². The number of rotatable bonds is 8. The van der Waals surface area contributed by atoms with E-state index in [1.807, 2.05) is 32.3 Å². The van der Waals surface area contributed by atoms with E-state index in [9.17, 15) is 14.9 Å². The van der Waals surface area contributed by atoms with E-state index in [0.29, 0.717) is 24.5 Å². The molecule has 2 aromatic rings. The number of hydrogen-bond donors (Lipinski definition) is 0. The molecule has 8 heteroatoms. The second-order valence-electron chi connectivity index (χ2n) is 6.70. The average Bonchev–Trinajstić information content (AvgIpc) is 2.65. The molecule has 2 rings (SSSR count). The molecule has 0 aliphatic rings. The van der Waals surface area contributed by atoms with E-state index in [1.54, 1.807) is 32.3 Å². The van der Waals surface area contributed by atoms with Crippen LogP contribution in [0, 0.1) is 10.1 Å². The zero-order valence-electron chi connectivity index (χ0n) is 16.5. The number of nitro groups is 1. The lowest BCUT2D eigenvalue weighted by Gasteiger charge is -2.25. The first-order valence-corrected chi connectivity index (χ1v) is 8.80.